The van der Waals surface area contributed by atoms with E-state index in [4.69, 9.17) is 5.73 Å². The van der Waals surface area contributed by atoms with Gasteiger partial charge in [0.1, 0.15) is 0 Å². The lowest BCUT2D eigenvalue weighted by Crippen LogP contribution is -2.47. The van der Waals surface area contributed by atoms with Crippen molar-refractivity contribution in [2.75, 3.05) is 13.1 Å². The van der Waals surface area contributed by atoms with Crippen molar-refractivity contribution >= 4 is 0 Å². The Labute approximate surface area is 114 Å². The lowest BCUT2D eigenvalue weighted by Gasteiger charge is -2.42. The zero-order valence-corrected chi connectivity index (χ0v) is 13.4. The van der Waals surface area contributed by atoms with Crippen LogP contribution in [0.1, 0.15) is 60.8 Å². The molecule has 1 fully saturated rings. The number of hydrogen-bond donors (Lipinski definition) is 1. The summed E-state index contributed by atoms with van der Waals surface area (Å²) in [6.07, 6.45) is 3.78. The van der Waals surface area contributed by atoms with Crippen LogP contribution in [0.5, 0.6) is 0 Å². The third-order valence-electron chi connectivity index (χ3n) is 4.37. The first-order chi connectivity index (χ1) is 8.21. The Bertz CT molecular complexity index is 245. The van der Waals surface area contributed by atoms with Crippen LogP contribution in [-0.2, 0) is 0 Å². The second kappa shape index (κ2) is 6.38. The smallest absolute Gasteiger partial charge is 0.00797 e. The van der Waals surface area contributed by atoms with Gasteiger partial charge in [-0.15, -0.1) is 0 Å². The normalized spacial score (nSPS) is 28.3. The van der Waals surface area contributed by atoms with Gasteiger partial charge in [-0.05, 0) is 50.4 Å². The largest absolute Gasteiger partial charge is 0.327 e. The van der Waals surface area contributed by atoms with Crippen molar-refractivity contribution in [3.63, 3.8) is 0 Å². The summed E-state index contributed by atoms with van der Waals surface area (Å²) in [5.74, 6) is 1.41. The molecular weight excluding hydrogens is 220 g/mol. The summed E-state index contributed by atoms with van der Waals surface area (Å²) >= 11 is 0. The van der Waals surface area contributed by atoms with Gasteiger partial charge in [-0.3, -0.25) is 0 Å². The topological polar surface area (TPSA) is 29.3 Å². The minimum Gasteiger partial charge on any atom is -0.327 e. The molecule has 0 aromatic heterocycles. The molecule has 0 aromatic carbocycles. The molecule has 1 rings (SSSR count). The molecule has 2 heteroatoms. The highest BCUT2D eigenvalue weighted by Crippen LogP contribution is 2.38. The SMILES string of the molecule is CC(C)CN(CC1CC(C)(C)CCC1N)C(C)C. The average Bonchev–Trinajstić information content (AvgIpc) is 2.21. The number of rotatable bonds is 5. The molecule has 0 amide bonds. The van der Waals surface area contributed by atoms with Crippen LogP contribution in [0.25, 0.3) is 0 Å². The van der Waals surface area contributed by atoms with Gasteiger partial charge in [0, 0.05) is 25.2 Å². The third kappa shape index (κ3) is 4.89. The van der Waals surface area contributed by atoms with Crippen molar-refractivity contribution in [2.45, 2.75) is 72.9 Å². The molecule has 1 aliphatic rings. The lowest BCUT2D eigenvalue weighted by atomic mass is 9.70. The molecule has 0 heterocycles. The van der Waals surface area contributed by atoms with Gasteiger partial charge in [0.2, 0.25) is 0 Å². The Morgan fingerprint density at radius 2 is 1.83 bits per heavy atom. The molecule has 18 heavy (non-hydrogen) atoms. The van der Waals surface area contributed by atoms with Crippen LogP contribution < -0.4 is 5.73 Å². The monoisotopic (exact) mass is 254 g/mol. The highest BCUT2D eigenvalue weighted by atomic mass is 15.1. The van der Waals surface area contributed by atoms with Crippen molar-refractivity contribution in [3.05, 3.63) is 0 Å². The van der Waals surface area contributed by atoms with Gasteiger partial charge in [0.15, 0.2) is 0 Å². The molecule has 0 saturated heterocycles. The highest BCUT2D eigenvalue weighted by molar-refractivity contribution is 4.89. The van der Waals surface area contributed by atoms with Gasteiger partial charge in [-0.1, -0.05) is 27.7 Å². The van der Waals surface area contributed by atoms with E-state index in [2.05, 4.69) is 46.4 Å². The molecule has 0 spiro atoms. The summed E-state index contributed by atoms with van der Waals surface area (Å²) in [6, 6.07) is 1.04. The molecule has 0 aliphatic heterocycles. The van der Waals surface area contributed by atoms with Gasteiger partial charge < -0.3 is 10.6 Å². The van der Waals surface area contributed by atoms with Gasteiger partial charge in [0.05, 0.1) is 0 Å². The van der Waals surface area contributed by atoms with Gasteiger partial charge >= 0.3 is 0 Å². The summed E-state index contributed by atoms with van der Waals surface area (Å²) < 4.78 is 0. The summed E-state index contributed by atoms with van der Waals surface area (Å²) in [7, 11) is 0. The molecule has 2 atom stereocenters. The van der Waals surface area contributed by atoms with Crippen LogP contribution >= 0.6 is 0 Å². The standard InChI is InChI=1S/C16H34N2/c1-12(2)10-18(13(3)4)11-14-9-16(5,6)8-7-15(14)17/h12-15H,7-11,17H2,1-6H3. The fourth-order valence-corrected chi connectivity index (χ4v) is 3.22. The molecule has 108 valence electrons. The maximum absolute atomic E-state index is 6.35. The zero-order chi connectivity index (χ0) is 13.9. The molecule has 1 saturated carbocycles. The lowest BCUT2D eigenvalue weighted by molar-refractivity contribution is 0.0936. The summed E-state index contributed by atoms with van der Waals surface area (Å²) in [6.45, 7) is 16.4. The predicted octanol–water partition coefficient (Wildman–Crippen LogP) is 3.51. The molecule has 0 radical (unpaired) electrons. The molecule has 1 aliphatic carbocycles. The Hall–Kier alpha value is -0.0800. The molecular formula is C16H34N2. The number of nitrogens with two attached hydrogens (primary N) is 1. The quantitative estimate of drug-likeness (QED) is 0.813. The maximum atomic E-state index is 6.35. The Morgan fingerprint density at radius 1 is 1.22 bits per heavy atom. The Morgan fingerprint density at radius 3 is 2.33 bits per heavy atom. The van der Waals surface area contributed by atoms with Gasteiger partial charge in [-0.2, -0.15) is 0 Å². The second-order valence-corrected chi connectivity index (χ2v) is 7.77. The first-order valence-corrected chi connectivity index (χ1v) is 7.71. The van der Waals surface area contributed by atoms with Crippen LogP contribution in [0.2, 0.25) is 0 Å². The minimum absolute atomic E-state index is 0.409. The average molecular weight is 254 g/mol. The minimum atomic E-state index is 0.409. The highest BCUT2D eigenvalue weighted by Gasteiger charge is 2.34. The Kier molecular flexibility index (Phi) is 5.67. The maximum Gasteiger partial charge on any atom is 0.00797 e. The van der Waals surface area contributed by atoms with E-state index in [9.17, 15) is 0 Å². The summed E-state index contributed by atoms with van der Waals surface area (Å²) in [4.78, 5) is 2.62. The molecule has 0 aromatic rings. The molecule has 2 nitrogen and oxygen atoms in total. The van der Waals surface area contributed by atoms with Crippen molar-refractivity contribution in [3.8, 4) is 0 Å². The van der Waals surface area contributed by atoms with E-state index >= 15 is 0 Å². The van der Waals surface area contributed by atoms with Crippen molar-refractivity contribution in [1.82, 2.24) is 4.90 Å². The fraction of sp³-hybridized carbons (Fsp3) is 1.00. The van der Waals surface area contributed by atoms with Crippen molar-refractivity contribution in [1.29, 1.82) is 0 Å². The number of hydrogen-bond acceptors (Lipinski definition) is 2. The van der Waals surface area contributed by atoms with Crippen molar-refractivity contribution in [2.24, 2.45) is 23.0 Å². The molecule has 0 bridgehead atoms. The van der Waals surface area contributed by atoms with Crippen molar-refractivity contribution < 1.29 is 0 Å². The van der Waals surface area contributed by atoms with Crippen LogP contribution in [-0.4, -0.2) is 30.1 Å². The van der Waals surface area contributed by atoms with Gasteiger partial charge in [-0.25, -0.2) is 0 Å². The van der Waals surface area contributed by atoms with Crippen LogP contribution in [0.15, 0.2) is 0 Å². The van der Waals surface area contributed by atoms with E-state index in [0.717, 1.165) is 5.92 Å². The molecule has 2 unspecified atom stereocenters. The Balaban J connectivity index is 2.61. The summed E-state index contributed by atoms with van der Waals surface area (Å²) in [5, 5.41) is 0. The third-order valence-corrected chi connectivity index (χ3v) is 4.37. The van der Waals surface area contributed by atoms with E-state index in [1.54, 1.807) is 0 Å². The first kappa shape index (κ1) is 16.0. The van der Waals surface area contributed by atoms with E-state index in [0.29, 0.717) is 23.4 Å². The fourth-order valence-electron chi connectivity index (χ4n) is 3.22. The van der Waals surface area contributed by atoms with E-state index in [1.165, 1.54) is 32.4 Å². The van der Waals surface area contributed by atoms with Crippen LogP contribution in [0.3, 0.4) is 0 Å². The summed E-state index contributed by atoms with van der Waals surface area (Å²) in [5.41, 5.74) is 6.84. The van der Waals surface area contributed by atoms with E-state index < -0.39 is 0 Å². The van der Waals surface area contributed by atoms with Crippen LogP contribution in [0, 0.1) is 17.3 Å². The zero-order valence-electron chi connectivity index (χ0n) is 13.4. The molecule has 2 N–H and O–H groups in total. The predicted molar refractivity (Wildman–Crippen MR) is 80.6 cm³/mol. The van der Waals surface area contributed by atoms with Crippen LogP contribution in [0.4, 0.5) is 0 Å². The first-order valence-electron chi connectivity index (χ1n) is 7.71. The van der Waals surface area contributed by atoms with E-state index in [-0.39, 0.29) is 0 Å². The van der Waals surface area contributed by atoms with Gasteiger partial charge in [0.25, 0.3) is 0 Å². The van der Waals surface area contributed by atoms with E-state index in [1.807, 2.05) is 0 Å². The second-order valence-electron chi connectivity index (χ2n) is 7.77. The number of nitrogens with zero attached hydrogens (tertiary/aromatic N) is 1.